The van der Waals surface area contributed by atoms with E-state index in [1.807, 2.05) is 6.20 Å². The number of nitrogens with zero attached hydrogens (tertiary/aromatic N) is 3. The van der Waals surface area contributed by atoms with E-state index in [9.17, 15) is 0 Å². The fourth-order valence-electron chi connectivity index (χ4n) is 2.10. The predicted molar refractivity (Wildman–Crippen MR) is 71.9 cm³/mol. The van der Waals surface area contributed by atoms with Crippen molar-refractivity contribution in [3.05, 3.63) is 44.6 Å². The third-order valence-corrected chi connectivity index (χ3v) is 4.57. The molecule has 3 rings (SSSR count). The van der Waals surface area contributed by atoms with Crippen molar-refractivity contribution < 1.29 is 0 Å². The van der Waals surface area contributed by atoms with Crippen LogP contribution in [0.1, 0.15) is 16.1 Å². The minimum atomic E-state index is 0.938. The van der Waals surface area contributed by atoms with E-state index in [1.54, 1.807) is 17.7 Å². The summed E-state index contributed by atoms with van der Waals surface area (Å²) in [4.78, 5) is 12.3. The SMILES string of the molecule is Brc1ccc(CN2CCc3cncnc3C2)s1. The van der Waals surface area contributed by atoms with Crippen molar-refractivity contribution in [1.29, 1.82) is 0 Å². The van der Waals surface area contributed by atoms with E-state index in [0.29, 0.717) is 0 Å². The largest absolute Gasteiger partial charge is 0.292 e. The Balaban J connectivity index is 1.72. The normalized spacial score (nSPS) is 15.8. The molecule has 3 heterocycles. The highest BCUT2D eigenvalue weighted by molar-refractivity contribution is 9.11. The summed E-state index contributed by atoms with van der Waals surface area (Å²) in [5.74, 6) is 0. The molecule has 3 nitrogen and oxygen atoms in total. The Bertz CT molecular complexity index is 526. The summed E-state index contributed by atoms with van der Waals surface area (Å²) in [5, 5.41) is 0. The Hall–Kier alpha value is -0.780. The standard InChI is InChI=1S/C12H12BrN3S/c13-12-2-1-10(17-12)6-16-4-3-9-5-14-8-15-11(9)7-16/h1-2,5,8H,3-4,6-7H2. The fourth-order valence-corrected chi connectivity index (χ4v) is 3.62. The first-order valence-corrected chi connectivity index (χ1v) is 7.16. The van der Waals surface area contributed by atoms with Crippen LogP contribution in [-0.2, 0) is 19.5 Å². The molecule has 0 atom stereocenters. The third kappa shape index (κ3) is 2.56. The van der Waals surface area contributed by atoms with Gasteiger partial charge < -0.3 is 0 Å². The van der Waals surface area contributed by atoms with Gasteiger partial charge in [0.1, 0.15) is 6.33 Å². The topological polar surface area (TPSA) is 29.0 Å². The summed E-state index contributed by atoms with van der Waals surface area (Å²) in [6.45, 7) is 3.04. The van der Waals surface area contributed by atoms with Gasteiger partial charge in [-0.1, -0.05) is 0 Å². The van der Waals surface area contributed by atoms with Crippen LogP contribution < -0.4 is 0 Å². The fraction of sp³-hybridized carbons (Fsp3) is 0.333. The van der Waals surface area contributed by atoms with E-state index in [-0.39, 0.29) is 0 Å². The van der Waals surface area contributed by atoms with Crippen LogP contribution in [-0.4, -0.2) is 21.4 Å². The van der Waals surface area contributed by atoms with E-state index in [4.69, 9.17) is 0 Å². The van der Waals surface area contributed by atoms with Crippen LogP contribution in [0.25, 0.3) is 0 Å². The van der Waals surface area contributed by atoms with Crippen LogP contribution in [0.5, 0.6) is 0 Å². The van der Waals surface area contributed by atoms with Crippen LogP contribution in [0.4, 0.5) is 0 Å². The van der Waals surface area contributed by atoms with Crippen LogP contribution in [0.2, 0.25) is 0 Å². The molecule has 0 N–H and O–H groups in total. The molecule has 0 saturated carbocycles. The van der Waals surface area contributed by atoms with Gasteiger partial charge in [-0.15, -0.1) is 11.3 Å². The highest BCUT2D eigenvalue weighted by atomic mass is 79.9. The maximum absolute atomic E-state index is 4.36. The zero-order valence-corrected chi connectivity index (χ0v) is 11.7. The van der Waals surface area contributed by atoms with Gasteiger partial charge in [0.2, 0.25) is 0 Å². The molecule has 0 spiro atoms. The van der Waals surface area contributed by atoms with Crippen molar-refractivity contribution in [2.75, 3.05) is 6.54 Å². The second kappa shape index (κ2) is 4.84. The molecule has 0 aromatic carbocycles. The maximum Gasteiger partial charge on any atom is 0.115 e. The summed E-state index contributed by atoms with van der Waals surface area (Å²) >= 11 is 5.31. The lowest BCUT2D eigenvalue weighted by atomic mass is 10.1. The van der Waals surface area contributed by atoms with Crippen LogP contribution in [0.15, 0.2) is 28.4 Å². The average Bonchev–Trinajstić information content (AvgIpc) is 2.75. The highest BCUT2D eigenvalue weighted by Crippen LogP contribution is 2.25. The van der Waals surface area contributed by atoms with Crippen molar-refractivity contribution in [3.63, 3.8) is 0 Å². The van der Waals surface area contributed by atoms with E-state index in [1.165, 1.54) is 19.9 Å². The molecule has 0 radical (unpaired) electrons. The molecule has 0 unspecified atom stereocenters. The zero-order chi connectivity index (χ0) is 11.7. The summed E-state index contributed by atoms with van der Waals surface area (Å²) in [7, 11) is 0. The van der Waals surface area contributed by atoms with Gasteiger partial charge in [-0.2, -0.15) is 0 Å². The minimum Gasteiger partial charge on any atom is -0.292 e. The van der Waals surface area contributed by atoms with Gasteiger partial charge in [0.15, 0.2) is 0 Å². The zero-order valence-electron chi connectivity index (χ0n) is 9.27. The minimum absolute atomic E-state index is 0.938. The van der Waals surface area contributed by atoms with Gasteiger partial charge in [-0.25, -0.2) is 9.97 Å². The van der Waals surface area contributed by atoms with Gasteiger partial charge >= 0.3 is 0 Å². The quantitative estimate of drug-likeness (QED) is 0.854. The molecule has 0 amide bonds. The number of hydrogen-bond donors (Lipinski definition) is 0. The lowest BCUT2D eigenvalue weighted by Gasteiger charge is -2.26. The van der Waals surface area contributed by atoms with Gasteiger partial charge in [-0.05, 0) is 40.0 Å². The molecule has 88 valence electrons. The molecular formula is C12H12BrN3S. The number of halogens is 1. The average molecular weight is 310 g/mol. The van der Waals surface area contributed by atoms with Crippen molar-refractivity contribution in [1.82, 2.24) is 14.9 Å². The first-order chi connectivity index (χ1) is 8.31. The number of hydrogen-bond acceptors (Lipinski definition) is 4. The van der Waals surface area contributed by atoms with Gasteiger partial charge in [-0.3, -0.25) is 4.90 Å². The van der Waals surface area contributed by atoms with E-state index >= 15 is 0 Å². The molecule has 17 heavy (non-hydrogen) atoms. The van der Waals surface area contributed by atoms with E-state index in [0.717, 1.165) is 26.1 Å². The highest BCUT2D eigenvalue weighted by Gasteiger charge is 2.17. The van der Waals surface area contributed by atoms with Gasteiger partial charge in [0, 0.05) is 30.7 Å². The van der Waals surface area contributed by atoms with Gasteiger partial charge in [0.05, 0.1) is 9.48 Å². The Morgan fingerprint density at radius 2 is 2.35 bits per heavy atom. The summed E-state index contributed by atoms with van der Waals surface area (Å²) in [6.07, 6.45) is 4.65. The monoisotopic (exact) mass is 309 g/mol. The first kappa shape index (κ1) is 11.3. The molecule has 0 aliphatic carbocycles. The molecule has 0 bridgehead atoms. The molecule has 1 aliphatic rings. The molecule has 1 aliphatic heterocycles. The van der Waals surface area contributed by atoms with Crippen molar-refractivity contribution in [3.8, 4) is 0 Å². The molecule has 5 heteroatoms. The smallest absolute Gasteiger partial charge is 0.115 e. The van der Waals surface area contributed by atoms with E-state index < -0.39 is 0 Å². The Kier molecular flexibility index (Phi) is 3.22. The van der Waals surface area contributed by atoms with Crippen molar-refractivity contribution >= 4 is 27.3 Å². The maximum atomic E-state index is 4.36. The number of thiophene rings is 1. The molecular weight excluding hydrogens is 298 g/mol. The Morgan fingerprint density at radius 3 is 3.18 bits per heavy atom. The predicted octanol–water partition coefficient (Wildman–Crippen LogP) is 2.86. The number of fused-ring (bicyclic) bond motifs is 1. The summed E-state index contributed by atoms with van der Waals surface area (Å²) in [6, 6.07) is 4.30. The third-order valence-electron chi connectivity index (χ3n) is 2.96. The Morgan fingerprint density at radius 1 is 1.41 bits per heavy atom. The molecule has 0 fully saturated rings. The second-order valence-corrected chi connectivity index (χ2v) is 6.71. The summed E-state index contributed by atoms with van der Waals surface area (Å²) < 4.78 is 1.20. The Labute approximate surface area is 113 Å². The second-order valence-electron chi connectivity index (χ2n) is 4.16. The van der Waals surface area contributed by atoms with Crippen molar-refractivity contribution in [2.45, 2.75) is 19.5 Å². The lowest BCUT2D eigenvalue weighted by Crippen LogP contribution is -2.30. The lowest BCUT2D eigenvalue weighted by molar-refractivity contribution is 0.243. The van der Waals surface area contributed by atoms with Crippen LogP contribution in [0, 0.1) is 0 Å². The van der Waals surface area contributed by atoms with Crippen LogP contribution >= 0.6 is 27.3 Å². The van der Waals surface area contributed by atoms with E-state index in [2.05, 4.69) is 42.9 Å². The first-order valence-electron chi connectivity index (χ1n) is 5.55. The van der Waals surface area contributed by atoms with Crippen LogP contribution in [0.3, 0.4) is 0 Å². The van der Waals surface area contributed by atoms with Gasteiger partial charge in [0.25, 0.3) is 0 Å². The number of rotatable bonds is 2. The molecule has 2 aromatic rings. The van der Waals surface area contributed by atoms with Crippen molar-refractivity contribution in [2.24, 2.45) is 0 Å². The number of aromatic nitrogens is 2. The molecule has 2 aromatic heterocycles. The summed E-state index contributed by atoms with van der Waals surface area (Å²) in [5.41, 5.74) is 2.48. The molecule has 0 saturated heterocycles.